The lowest BCUT2D eigenvalue weighted by atomic mass is 10.2. The van der Waals surface area contributed by atoms with E-state index in [1.807, 2.05) is 0 Å². The van der Waals surface area contributed by atoms with Crippen LogP contribution in [0.2, 0.25) is 5.02 Å². The minimum Gasteiger partial charge on any atom is -0.479 e. The smallest absolute Gasteiger partial charge is 0.337 e. The molecule has 0 unspecified atom stereocenters. The summed E-state index contributed by atoms with van der Waals surface area (Å²) in [6.07, 6.45) is 1.25. The van der Waals surface area contributed by atoms with E-state index >= 15 is 0 Å². The zero-order chi connectivity index (χ0) is 17.1. The summed E-state index contributed by atoms with van der Waals surface area (Å²) in [5.41, 5.74) is 1.04. The van der Waals surface area contributed by atoms with Gasteiger partial charge in [-0.3, -0.25) is 4.99 Å². The Morgan fingerprint density at radius 3 is 2.58 bits per heavy atom. The van der Waals surface area contributed by atoms with Crippen molar-refractivity contribution in [2.24, 2.45) is 4.99 Å². The van der Waals surface area contributed by atoms with Crippen LogP contribution in [-0.2, 0) is 0 Å². The topological polar surface area (TPSA) is 95.9 Å². The summed E-state index contributed by atoms with van der Waals surface area (Å²) < 4.78 is 5.20. The highest BCUT2D eigenvalue weighted by molar-refractivity contribution is 6.30. The van der Waals surface area contributed by atoms with Crippen LogP contribution < -0.4 is 0 Å². The molecule has 0 saturated carbocycles. The average molecular weight is 343 g/mol. The lowest BCUT2D eigenvalue weighted by Crippen LogP contribution is -1.96. The van der Waals surface area contributed by atoms with Gasteiger partial charge in [0.15, 0.2) is 5.69 Å². The minimum absolute atomic E-state index is 0.0506. The van der Waals surface area contributed by atoms with Gasteiger partial charge in [-0.1, -0.05) is 23.7 Å². The fourth-order valence-corrected chi connectivity index (χ4v) is 2.15. The molecule has 3 rings (SSSR count). The molecule has 0 aliphatic rings. The van der Waals surface area contributed by atoms with Gasteiger partial charge in [0.1, 0.15) is 0 Å². The van der Waals surface area contributed by atoms with E-state index in [9.17, 15) is 9.90 Å². The molecule has 6 nitrogen and oxygen atoms in total. The summed E-state index contributed by atoms with van der Waals surface area (Å²) in [5.74, 6) is -1.29. The van der Waals surface area contributed by atoms with Gasteiger partial charge < -0.3 is 14.6 Å². The molecule has 0 aliphatic heterocycles. The van der Waals surface area contributed by atoms with E-state index in [0.29, 0.717) is 10.6 Å². The highest BCUT2D eigenvalue weighted by atomic mass is 35.5. The first-order valence-electron chi connectivity index (χ1n) is 6.86. The monoisotopic (exact) mass is 342 g/mol. The van der Waals surface area contributed by atoms with Crippen LogP contribution in [0.4, 0.5) is 5.69 Å². The van der Waals surface area contributed by atoms with Crippen molar-refractivity contribution in [2.45, 2.75) is 0 Å². The second-order valence-electron chi connectivity index (χ2n) is 4.80. The normalized spacial score (nSPS) is 11.0. The first-order chi connectivity index (χ1) is 11.5. The standard InChI is InChI=1S/C17H11ClN2O4/c18-11-7-5-10(6-8-11)15-20-14(17(23)24-15)9-19-13-4-2-1-3-12(13)16(21)22/h1-9,23H,(H,21,22). The Kier molecular flexibility index (Phi) is 4.31. The molecule has 0 aliphatic carbocycles. The Hall–Kier alpha value is -3.12. The largest absolute Gasteiger partial charge is 0.479 e. The number of para-hydroxylation sites is 1. The van der Waals surface area contributed by atoms with Gasteiger partial charge in [0.2, 0.25) is 5.89 Å². The molecule has 0 fully saturated rings. The second-order valence-corrected chi connectivity index (χ2v) is 5.23. The van der Waals surface area contributed by atoms with Crippen molar-refractivity contribution < 1.29 is 19.4 Å². The number of hydrogen-bond acceptors (Lipinski definition) is 5. The number of aliphatic imine (C=N–C) groups is 1. The lowest BCUT2D eigenvalue weighted by molar-refractivity contribution is 0.0698. The molecule has 3 aromatic rings. The summed E-state index contributed by atoms with van der Waals surface area (Å²) in [6, 6.07) is 13.0. The average Bonchev–Trinajstić information content (AvgIpc) is 2.94. The van der Waals surface area contributed by atoms with E-state index in [0.717, 1.165) is 0 Å². The van der Waals surface area contributed by atoms with Gasteiger partial charge in [-0.05, 0) is 36.4 Å². The van der Waals surface area contributed by atoms with Crippen LogP contribution in [0.25, 0.3) is 11.5 Å². The fraction of sp³-hybridized carbons (Fsp3) is 0. The summed E-state index contributed by atoms with van der Waals surface area (Å²) in [4.78, 5) is 19.4. The van der Waals surface area contributed by atoms with Gasteiger partial charge in [0, 0.05) is 10.6 Å². The molecule has 1 heterocycles. The van der Waals surface area contributed by atoms with Gasteiger partial charge in [-0.2, -0.15) is 0 Å². The summed E-state index contributed by atoms with van der Waals surface area (Å²) in [7, 11) is 0. The third-order valence-corrected chi connectivity index (χ3v) is 3.44. The molecule has 0 bridgehead atoms. The van der Waals surface area contributed by atoms with Crippen molar-refractivity contribution in [3.05, 3.63) is 64.8 Å². The quantitative estimate of drug-likeness (QED) is 0.694. The Labute approximate surface area is 141 Å². The van der Waals surface area contributed by atoms with Gasteiger partial charge in [-0.15, -0.1) is 0 Å². The third-order valence-electron chi connectivity index (χ3n) is 3.19. The van der Waals surface area contributed by atoms with Crippen LogP contribution in [0.1, 0.15) is 16.1 Å². The lowest BCUT2D eigenvalue weighted by Gasteiger charge is -1.98. The zero-order valence-electron chi connectivity index (χ0n) is 12.2. The predicted octanol–water partition coefficient (Wildman–Crippen LogP) is 4.15. The highest BCUT2D eigenvalue weighted by Gasteiger charge is 2.13. The van der Waals surface area contributed by atoms with E-state index in [-0.39, 0.29) is 22.8 Å². The molecule has 1 aromatic heterocycles. The van der Waals surface area contributed by atoms with E-state index in [2.05, 4.69) is 9.98 Å². The molecule has 0 amide bonds. The summed E-state index contributed by atoms with van der Waals surface area (Å²) >= 11 is 5.82. The van der Waals surface area contributed by atoms with Crippen LogP contribution >= 0.6 is 11.6 Å². The number of nitrogens with zero attached hydrogens (tertiary/aromatic N) is 2. The number of rotatable bonds is 4. The van der Waals surface area contributed by atoms with Crippen LogP contribution in [-0.4, -0.2) is 27.4 Å². The number of carboxylic acid groups (broad SMARTS) is 1. The number of oxazole rings is 1. The van der Waals surface area contributed by atoms with Crippen molar-refractivity contribution >= 4 is 29.5 Å². The first kappa shape index (κ1) is 15.8. The maximum absolute atomic E-state index is 11.1. The maximum Gasteiger partial charge on any atom is 0.337 e. The number of hydrogen-bond donors (Lipinski definition) is 2. The number of benzene rings is 2. The molecule has 0 radical (unpaired) electrons. The van der Waals surface area contributed by atoms with Gasteiger partial charge in [0.25, 0.3) is 0 Å². The van der Waals surface area contributed by atoms with Crippen LogP contribution in [0.15, 0.2) is 57.9 Å². The molecule has 120 valence electrons. The Bertz CT molecular complexity index is 917. The van der Waals surface area contributed by atoms with Crippen LogP contribution in [0, 0.1) is 0 Å². The number of carboxylic acids is 1. The predicted molar refractivity (Wildman–Crippen MR) is 89.3 cm³/mol. The van der Waals surface area contributed by atoms with Gasteiger partial charge >= 0.3 is 11.9 Å². The summed E-state index contributed by atoms with van der Waals surface area (Å²) in [6.45, 7) is 0. The summed E-state index contributed by atoms with van der Waals surface area (Å²) in [5, 5.41) is 19.5. The zero-order valence-corrected chi connectivity index (χ0v) is 12.9. The molecule has 0 saturated heterocycles. The van der Waals surface area contributed by atoms with E-state index in [1.165, 1.54) is 12.3 Å². The van der Waals surface area contributed by atoms with Crippen molar-refractivity contribution in [2.75, 3.05) is 0 Å². The molecule has 2 aromatic carbocycles. The molecule has 7 heteroatoms. The van der Waals surface area contributed by atoms with Crippen molar-refractivity contribution in [3.63, 3.8) is 0 Å². The molecular formula is C17H11ClN2O4. The van der Waals surface area contributed by atoms with E-state index < -0.39 is 11.9 Å². The van der Waals surface area contributed by atoms with Crippen LogP contribution in [0.5, 0.6) is 5.95 Å². The molecule has 0 spiro atoms. The van der Waals surface area contributed by atoms with Crippen molar-refractivity contribution in [1.82, 2.24) is 4.98 Å². The SMILES string of the molecule is O=C(O)c1ccccc1N=Cc1nc(-c2ccc(Cl)cc2)oc1O. The number of aromatic hydroxyl groups is 1. The molecule has 24 heavy (non-hydrogen) atoms. The number of halogens is 1. The molecule has 0 atom stereocenters. The van der Waals surface area contributed by atoms with Crippen molar-refractivity contribution in [3.8, 4) is 17.4 Å². The van der Waals surface area contributed by atoms with Gasteiger partial charge in [-0.25, -0.2) is 9.78 Å². The molecule has 2 N–H and O–H groups in total. The fourth-order valence-electron chi connectivity index (χ4n) is 2.02. The highest BCUT2D eigenvalue weighted by Crippen LogP contribution is 2.27. The third kappa shape index (κ3) is 3.28. The maximum atomic E-state index is 11.1. The number of carbonyl (C=O) groups is 1. The first-order valence-corrected chi connectivity index (χ1v) is 7.24. The van der Waals surface area contributed by atoms with Gasteiger partial charge in [0.05, 0.1) is 17.5 Å². The number of aromatic nitrogens is 1. The number of aromatic carboxylic acids is 1. The van der Waals surface area contributed by atoms with E-state index in [4.69, 9.17) is 21.1 Å². The minimum atomic E-state index is -1.09. The van der Waals surface area contributed by atoms with Crippen LogP contribution in [0.3, 0.4) is 0 Å². The second kappa shape index (κ2) is 6.55. The molecular weight excluding hydrogens is 332 g/mol. The van der Waals surface area contributed by atoms with E-state index in [1.54, 1.807) is 42.5 Å². The Morgan fingerprint density at radius 2 is 1.88 bits per heavy atom. The van der Waals surface area contributed by atoms with Crippen molar-refractivity contribution in [1.29, 1.82) is 0 Å². The Balaban J connectivity index is 1.91. The Morgan fingerprint density at radius 1 is 1.17 bits per heavy atom.